The van der Waals surface area contributed by atoms with Crippen LogP contribution in [0, 0.1) is 0 Å². The van der Waals surface area contributed by atoms with E-state index < -0.39 is 0 Å². The third kappa shape index (κ3) is 18.8. The Bertz CT molecular complexity index is 4630. The first-order chi connectivity index (χ1) is 46.5. The van der Waals surface area contributed by atoms with Gasteiger partial charge in [-0.2, -0.15) is 0 Å². The van der Waals surface area contributed by atoms with Gasteiger partial charge >= 0.3 is 0 Å². The maximum Gasteiger partial charge on any atom is 0.137 e. The Balaban J connectivity index is 0.000000142. The number of hydrogen-bond acceptors (Lipinski definition) is 3. The first kappa shape index (κ1) is 72.3. The molecule has 0 aliphatic rings. The Kier molecular flexibility index (Phi) is 22.9. The molecule has 0 aliphatic heterocycles. The van der Waals surface area contributed by atoms with Crippen LogP contribution >= 0.6 is 0 Å². The molecule has 0 N–H and O–H groups in total. The Morgan fingerprint density at radius 1 is 0.214 bits per heavy atom. The second-order valence-electron chi connectivity index (χ2n) is 31.5. The standard InChI is InChI=1S/2C21H20N2.C16H18.C15H17N.2C10H14/c1-21(2,3)19-13-8-14-20(22-19)23-17-11-6-4-9-15(17)16-10-5-7-12-18(16)23;1-21(2,3)15-12-13-20(22-14-15)23-18-10-6-4-8-16(18)17-9-5-7-11-19(17)23;1-16(2,3)15-11-9-14(10-12-15)13-7-5-4-6-8-13;1-15(2,3)14-11-7-10-13(16-14)12-8-5-4-6-9-12;2*1-10(2,3)9-7-5-4-6-8-9/h2*4-14H,1-3H3;4-12H,1-3H3;4-11H,1-3H3;2*4-8H,1-3H3. The molecule has 500 valence electrons. The van der Waals surface area contributed by atoms with E-state index >= 15 is 0 Å². The van der Waals surface area contributed by atoms with E-state index in [2.05, 4.69) is 401 Å². The van der Waals surface area contributed by atoms with Crippen LogP contribution in [0.3, 0.4) is 0 Å². The molecule has 98 heavy (non-hydrogen) atoms. The molecule has 0 saturated heterocycles. The van der Waals surface area contributed by atoms with Gasteiger partial charge in [0.25, 0.3) is 0 Å². The molecule has 14 aromatic rings. The summed E-state index contributed by atoms with van der Waals surface area (Å²) in [5, 5.41) is 5.08. The van der Waals surface area contributed by atoms with Crippen molar-refractivity contribution in [2.75, 3.05) is 0 Å². The van der Waals surface area contributed by atoms with E-state index in [9.17, 15) is 0 Å². The van der Waals surface area contributed by atoms with Crippen LogP contribution in [-0.2, 0) is 32.5 Å². The molecule has 0 amide bonds. The van der Waals surface area contributed by atoms with E-state index in [0.717, 1.165) is 28.7 Å². The third-order valence-electron chi connectivity index (χ3n) is 17.5. The van der Waals surface area contributed by atoms with Gasteiger partial charge in [0.2, 0.25) is 0 Å². The molecule has 5 nitrogen and oxygen atoms in total. The molecule has 0 bridgehead atoms. The second-order valence-corrected chi connectivity index (χ2v) is 31.5. The highest BCUT2D eigenvalue weighted by Gasteiger charge is 2.21. The number of aromatic nitrogens is 5. The average Bonchev–Trinajstić information content (AvgIpc) is 1.61. The van der Waals surface area contributed by atoms with Crippen molar-refractivity contribution in [2.45, 2.75) is 157 Å². The quantitative estimate of drug-likeness (QED) is 0.176. The van der Waals surface area contributed by atoms with Crippen molar-refractivity contribution in [2.24, 2.45) is 0 Å². The van der Waals surface area contributed by atoms with Crippen molar-refractivity contribution in [3.63, 3.8) is 0 Å². The predicted octanol–water partition coefficient (Wildman–Crippen LogP) is 25.6. The van der Waals surface area contributed by atoms with Crippen LogP contribution in [-0.4, -0.2) is 24.1 Å². The van der Waals surface area contributed by atoms with Gasteiger partial charge in [-0.05, 0) is 110 Å². The average molecular weight is 1290 g/mol. The molecule has 0 saturated carbocycles. The molecule has 0 aliphatic carbocycles. The molecule has 14 rings (SSSR count). The van der Waals surface area contributed by atoms with Crippen LogP contribution in [0.1, 0.15) is 158 Å². The number of benzene rings is 9. The van der Waals surface area contributed by atoms with Gasteiger partial charge in [0, 0.05) is 55.5 Å². The molecular weight excluding hydrogens is 1190 g/mol. The summed E-state index contributed by atoms with van der Waals surface area (Å²) in [6, 6.07) is 102. The summed E-state index contributed by atoms with van der Waals surface area (Å²) in [5.41, 5.74) is 18.3. The fourth-order valence-electron chi connectivity index (χ4n) is 11.6. The summed E-state index contributed by atoms with van der Waals surface area (Å²) >= 11 is 0. The zero-order valence-electron chi connectivity index (χ0n) is 61.5. The number of rotatable bonds is 4. The number of para-hydroxylation sites is 4. The van der Waals surface area contributed by atoms with E-state index in [0.29, 0.717) is 10.8 Å². The molecule has 0 fully saturated rings. The summed E-state index contributed by atoms with van der Waals surface area (Å²) < 4.78 is 4.51. The molecule has 0 unspecified atom stereocenters. The van der Waals surface area contributed by atoms with E-state index in [1.54, 1.807) is 0 Å². The summed E-state index contributed by atoms with van der Waals surface area (Å²) in [5.74, 6) is 1.95. The van der Waals surface area contributed by atoms with Crippen molar-refractivity contribution < 1.29 is 0 Å². The summed E-state index contributed by atoms with van der Waals surface area (Å²) in [4.78, 5) is 14.4. The highest BCUT2D eigenvalue weighted by atomic mass is 15.1. The minimum absolute atomic E-state index is 0.0365. The number of fused-ring (bicyclic) bond motifs is 6. The van der Waals surface area contributed by atoms with E-state index in [1.165, 1.54) is 82.6 Å². The van der Waals surface area contributed by atoms with Crippen LogP contribution in [0.5, 0.6) is 0 Å². The molecule has 9 aromatic carbocycles. The third-order valence-corrected chi connectivity index (χ3v) is 17.5. The second kappa shape index (κ2) is 31.1. The zero-order valence-corrected chi connectivity index (χ0v) is 61.5. The first-order valence-corrected chi connectivity index (χ1v) is 34.7. The summed E-state index contributed by atoms with van der Waals surface area (Å²) in [7, 11) is 0. The van der Waals surface area contributed by atoms with Crippen LogP contribution in [0.2, 0.25) is 0 Å². The van der Waals surface area contributed by atoms with Gasteiger partial charge in [-0.1, -0.05) is 361 Å². The molecule has 0 atom stereocenters. The van der Waals surface area contributed by atoms with E-state index in [4.69, 9.17) is 15.0 Å². The van der Waals surface area contributed by atoms with E-state index in [-0.39, 0.29) is 21.7 Å². The van der Waals surface area contributed by atoms with Crippen LogP contribution < -0.4 is 0 Å². The molecule has 0 spiro atoms. The lowest BCUT2D eigenvalue weighted by molar-refractivity contribution is 0.568. The predicted molar refractivity (Wildman–Crippen MR) is 424 cm³/mol. The fourth-order valence-corrected chi connectivity index (χ4v) is 11.6. The molecule has 5 heterocycles. The maximum atomic E-state index is 4.95. The lowest BCUT2D eigenvalue weighted by atomic mass is 9.86. The molecular formula is C93H103N5. The van der Waals surface area contributed by atoms with Gasteiger partial charge in [0.05, 0.1) is 27.8 Å². The normalized spacial score (nSPS) is 11.8. The van der Waals surface area contributed by atoms with Gasteiger partial charge < -0.3 is 0 Å². The number of nitrogens with zero attached hydrogens (tertiary/aromatic N) is 5. The van der Waals surface area contributed by atoms with Crippen LogP contribution in [0.15, 0.2) is 297 Å². The van der Waals surface area contributed by atoms with Crippen molar-refractivity contribution in [3.8, 4) is 34.0 Å². The highest BCUT2D eigenvalue weighted by molar-refractivity contribution is 6.10. The Morgan fingerprint density at radius 3 is 0.878 bits per heavy atom. The Labute approximate surface area is 586 Å². The monoisotopic (exact) mass is 1290 g/mol. The molecule has 5 aromatic heterocycles. The lowest BCUT2D eigenvalue weighted by Crippen LogP contribution is -2.14. The lowest BCUT2D eigenvalue weighted by Gasteiger charge is -2.19. The van der Waals surface area contributed by atoms with Gasteiger partial charge in [0.15, 0.2) is 0 Å². The van der Waals surface area contributed by atoms with Crippen molar-refractivity contribution in [3.05, 3.63) is 331 Å². The maximum absolute atomic E-state index is 4.95. The molecule has 5 heteroatoms. The smallest absolute Gasteiger partial charge is 0.137 e. The summed E-state index contributed by atoms with van der Waals surface area (Å²) in [6.07, 6.45) is 2.00. The topological polar surface area (TPSA) is 48.5 Å². The van der Waals surface area contributed by atoms with Crippen LogP contribution in [0.4, 0.5) is 0 Å². The van der Waals surface area contributed by atoms with Gasteiger partial charge in [-0.25, -0.2) is 9.97 Å². The molecule has 0 radical (unpaired) electrons. The van der Waals surface area contributed by atoms with Crippen molar-refractivity contribution in [1.29, 1.82) is 0 Å². The Hall–Kier alpha value is -9.97. The van der Waals surface area contributed by atoms with E-state index in [1.807, 2.05) is 30.5 Å². The van der Waals surface area contributed by atoms with Gasteiger partial charge in [0.1, 0.15) is 11.6 Å². The van der Waals surface area contributed by atoms with Crippen molar-refractivity contribution >= 4 is 43.6 Å². The zero-order chi connectivity index (χ0) is 70.5. The summed E-state index contributed by atoms with van der Waals surface area (Å²) in [6.45, 7) is 39.9. The van der Waals surface area contributed by atoms with Gasteiger partial charge in [-0.3, -0.25) is 14.1 Å². The first-order valence-electron chi connectivity index (χ1n) is 34.7. The number of hydrogen-bond donors (Lipinski definition) is 0. The number of pyridine rings is 3. The largest absolute Gasteiger partial charge is 0.294 e. The minimum atomic E-state index is 0.0365. The van der Waals surface area contributed by atoms with Gasteiger partial charge in [-0.15, -0.1) is 0 Å². The minimum Gasteiger partial charge on any atom is -0.294 e. The highest BCUT2D eigenvalue weighted by Crippen LogP contribution is 2.35. The Morgan fingerprint density at radius 2 is 0.520 bits per heavy atom. The van der Waals surface area contributed by atoms with Crippen molar-refractivity contribution in [1.82, 2.24) is 24.1 Å². The SMILES string of the molecule is CC(C)(C)c1ccc(-c2ccccc2)cc1.CC(C)(C)c1ccc(-n2c3ccccc3c3ccccc32)nc1.CC(C)(C)c1cccc(-c2ccccc2)n1.CC(C)(C)c1cccc(-n2c3ccccc3c3ccccc32)n1.CC(C)(C)c1ccccc1.CC(C)(C)c1ccccc1. The van der Waals surface area contributed by atoms with Crippen LogP contribution in [0.25, 0.3) is 77.6 Å². The fraction of sp³-hybridized carbons (Fsp3) is 0.258.